The number of ether oxygens (including phenoxy) is 2. The molecule has 0 aromatic heterocycles. The minimum absolute atomic E-state index is 0.190. The fraction of sp³-hybridized carbons (Fsp3) is 0.333. The second-order valence-corrected chi connectivity index (χ2v) is 5.72. The summed E-state index contributed by atoms with van der Waals surface area (Å²) >= 11 is 0. The van der Waals surface area contributed by atoms with E-state index in [0.29, 0.717) is 18.8 Å². The first-order valence-electron chi connectivity index (χ1n) is 7.19. The summed E-state index contributed by atoms with van der Waals surface area (Å²) < 4.78 is 24.5. The van der Waals surface area contributed by atoms with Gasteiger partial charge in [0.2, 0.25) is 0 Å². The number of aryl methyl sites for hydroxylation is 1. The molecule has 0 fully saturated rings. The Morgan fingerprint density at radius 1 is 0.955 bits per heavy atom. The molecule has 0 aliphatic heterocycles. The van der Waals surface area contributed by atoms with Crippen molar-refractivity contribution in [1.82, 2.24) is 0 Å². The molecule has 1 atom stereocenters. The van der Waals surface area contributed by atoms with Gasteiger partial charge in [-0.05, 0) is 58.6 Å². The summed E-state index contributed by atoms with van der Waals surface area (Å²) in [7, 11) is 6.09. The van der Waals surface area contributed by atoms with Crippen LogP contribution in [0, 0.1) is 12.7 Å². The molecular formula is C18H22FO2P. The molecule has 0 heterocycles. The van der Waals surface area contributed by atoms with Crippen LogP contribution >= 0.6 is 9.24 Å². The van der Waals surface area contributed by atoms with Crippen molar-refractivity contribution in [3.63, 3.8) is 0 Å². The molecule has 0 saturated heterocycles. The van der Waals surface area contributed by atoms with Crippen LogP contribution in [0.3, 0.4) is 0 Å². The molecule has 0 N–H and O–H groups in total. The van der Waals surface area contributed by atoms with Gasteiger partial charge in [0.15, 0.2) is 0 Å². The van der Waals surface area contributed by atoms with Crippen LogP contribution in [0.2, 0.25) is 0 Å². The van der Waals surface area contributed by atoms with E-state index in [9.17, 15) is 4.39 Å². The summed E-state index contributed by atoms with van der Waals surface area (Å²) in [5, 5.41) is 0. The Bertz CT molecular complexity index is 656. The monoisotopic (exact) mass is 320 g/mol. The van der Waals surface area contributed by atoms with E-state index in [-0.39, 0.29) is 5.82 Å². The van der Waals surface area contributed by atoms with Crippen LogP contribution in [0.25, 0.3) is 11.1 Å². The van der Waals surface area contributed by atoms with Crippen molar-refractivity contribution < 1.29 is 13.9 Å². The van der Waals surface area contributed by atoms with Gasteiger partial charge in [-0.3, -0.25) is 0 Å². The van der Waals surface area contributed by atoms with E-state index in [1.54, 1.807) is 33.3 Å². The van der Waals surface area contributed by atoms with Gasteiger partial charge in [0, 0.05) is 14.2 Å². The quantitative estimate of drug-likeness (QED) is 0.731. The van der Waals surface area contributed by atoms with E-state index in [4.69, 9.17) is 9.47 Å². The van der Waals surface area contributed by atoms with Crippen LogP contribution in [-0.4, -0.2) is 14.2 Å². The molecule has 0 amide bonds. The Kier molecular flexibility index (Phi) is 6.07. The number of hydrogen-bond acceptors (Lipinski definition) is 2. The highest BCUT2D eigenvalue weighted by Crippen LogP contribution is 2.30. The number of rotatable bonds is 6. The molecule has 0 spiro atoms. The Morgan fingerprint density at radius 2 is 1.64 bits per heavy atom. The average Bonchev–Trinajstić information content (AvgIpc) is 2.51. The van der Waals surface area contributed by atoms with Crippen molar-refractivity contribution in [2.24, 2.45) is 0 Å². The third-order valence-electron chi connectivity index (χ3n) is 3.73. The smallest absolute Gasteiger partial charge is 0.126 e. The maximum atomic E-state index is 13.9. The van der Waals surface area contributed by atoms with Gasteiger partial charge in [0.25, 0.3) is 0 Å². The minimum atomic E-state index is -0.190. The van der Waals surface area contributed by atoms with Gasteiger partial charge in [-0.25, -0.2) is 4.39 Å². The summed E-state index contributed by atoms with van der Waals surface area (Å²) in [5.41, 5.74) is 5.89. The lowest BCUT2D eigenvalue weighted by molar-refractivity contribution is 0.182. The second-order valence-electron chi connectivity index (χ2n) is 5.31. The lowest BCUT2D eigenvalue weighted by Crippen LogP contribution is -2.01. The fourth-order valence-corrected chi connectivity index (χ4v) is 2.90. The van der Waals surface area contributed by atoms with Gasteiger partial charge in [-0.2, -0.15) is 0 Å². The van der Waals surface area contributed by atoms with Gasteiger partial charge in [0.1, 0.15) is 5.82 Å². The molecule has 4 heteroatoms. The largest absolute Gasteiger partial charge is 0.380 e. The molecule has 1 unspecified atom stereocenters. The van der Waals surface area contributed by atoms with Gasteiger partial charge in [0.05, 0.1) is 13.2 Å². The lowest BCUT2D eigenvalue weighted by Gasteiger charge is -2.16. The summed E-state index contributed by atoms with van der Waals surface area (Å²) in [6.45, 7) is 2.80. The zero-order valence-corrected chi connectivity index (χ0v) is 14.4. The molecule has 2 rings (SSSR count). The van der Waals surface area contributed by atoms with E-state index in [1.165, 1.54) is 5.56 Å². The topological polar surface area (TPSA) is 18.5 Å². The van der Waals surface area contributed by atoms with Crippen LogP contribution in [0.4, 0.5) is 4.39 Å². The zero-order chi connectivity index (χ0) is 16.1. The van der Waals surface area contributed by atoms with E-state index in [2.05, 4.69) is 21.4 Å². The number of benzene rings is 2. The first kappa shape index (κ1) is 17.1. The maximum Gasteiger partial charge on any atom is 0.126 e. The highest BCUT2D eigenvalue weighted by Gasteiger charge is 2.12. The maximum absolute atomic E-state index is 13.9. The van der Waals surface area contributed by atoms with E-state index in [0.717, 1.165) is 28.4 Å². The zero-order valence-electron chi connectivity index (χ0n) is 13.3. The molecule has 22 heavy (non-hydrogen) atoms. The molecule has 0 aliphatic rings. The number of hydrogen-bond donors (Lipinski definition) is 0. The summed E-state index contributed by atoms with van der Waals surface area (Å²) in [5.74, 6) is -0.190. The predicted molar refractivity (Wildman–Crippen MR) is 91.4 cm³/mol. The molecule has 2 nitrogen and oxygen atoms in total. The van der Waals surface area contributed by atoms with Crippen LogP contribution in [-0.2, 0) is 28.8 Å². The van der Waals surface area contributed by atoms with Crippen molar-refractivity contribution in [1.29, 1.82) is 0 Å². The van der Waals surface area contributed by atoms with Gasteiger partial charge in [-0.15, -0.1) is 9.24 Å². The molecule has 0 aliphatic carbocycles. The second kappa shape index (κ2) is 7.82. The molecule has 0 saturated carbocycles. The Balaban J connectivity index is 2.59. The average molecular weight is 320 g/mol. The van der Waals surface area contributed by atoms with Gasteiger partial charge in [-0.1, -0.05) is 18.2 Å². The van der Waals surface area contributed by atoms with E-state index < -0.39 is 0 Å². The third kappa shape index (κ3) is 3.73. The standard InChI is InChI=1S/C18H22FO2P/c1-12-4-5-13(8-18(12)19)17-7-14(9-20-2)16(11-22)6-15(17)10-21-3/h4-8H,9-11,22H2,1-3H3. The van der Waals surface area contributed by atoms with Crippen molar-refractivity contribution in [2.45, 2.75) is 26.3 Å². The summed E-state index contributed by atoms with van der Waals surface area (Å²) in [6.07, 6.45) is 0.845. The van der Waals surface area contributed by atoms with Crippen LogP contribution in [0.1, 0.15) is 22.3 Å². The first-order valence-corrected chi connectivity index (χ1v) is 8.01. The number of halogens is 1. The molecule has 2 aromatic rings. The SMILES string of the molecule is COCc1cc(-c2ccc(C)c(F)c2)c(COC)cc1CP. The Morgan fingerprint density at radius 3 is 2.23 bits per heavy atom. The molecule has 2 aromatic carbocycles. The van der Waals surface area contributed by atoms with Crippen LogP contribution < -0.4 is 0 Å². The van der Waals surface area contributed by atoms with Gasteiger partial charge < -0.3 is 9.47 Å². The summed E-state index contributed by atoms with van der Waals surface area (Å²) in [4.78, 5) is 0. The molecule has 118 valence electrons. The van der Waals surface area contributed by atoms with Crippen molar-refractivity contribution >= 4 is 9.24 Å². The Labute approximate surface area is 133 Å². The highest BCUT2D eigenvalue weighted by atomic mass is 31.0. The summed E-state index contributed by atoms with van der Waals surface area (Å²) in [6, 6.07) is 9.55. The highest BCUT2D eigenvalue weighted by molar-refractivity contribution is 7.15. The molecule has 0 radical (unpaired) electrons. The fourth-order valence-electron chi connectivity index (χ4n) is 2.52. The van der Waals surface area contributed by atoms with Crippen molar-refractivity contribution in [3.8, 4) is 11.1 Å². The number of methoxy groups -OCH3 is 2. The van der Waals surface area contributed by atoms with Gasteiger partial charge >= 0.3 is 0 Å². The molecule has 0 bridgehead atoms. The van der Waals surface area contributed by atoms with Crippen molar-refractivity contribution in [2.75, 3.05) is 14.2 Å². The predicted octanol–water partition coefficient (Wildman–Crippen LogP) is 4.47. The first-order chi connectivity index (χ1) is 10.6. The Hall–Kier alpha value is -1.28. The van der Waals surface area contributed by atoms with Crippen LogP contribution in [0.5, 0.6) is 0 Å². The lowest BCUT2D eigenvalue weighted by atomic mass is 9.94. The van der Waals surface area contributed by atoms with Crippen molar-refractivity contribution in [3.05, 3.63) is 58.4 Å². The normalized spacial score (nSPS) is 11.0. The minimum Gasteiger partial charge on any atom is -0.380 e. The third-order valence-corrected chi connectivity index (χ3v) is 4.17. The van der Waals surface area contributed by atoms with E-state index in [1.807, 2.05) is 6.07 Å². The van der Waals surface area contributed by atoms with E-state index >= 15 is 0 Å². The van der Waals surface area contributed by atoms with Crippen LogP contribution in [0.15, 0.2) is 30.3 Å². The molecular weight excluding hydrogens is 298 g/mol.